The molecule has 1 aromatic carbocycles. The first-order chi connectivity index (χ1) is 8.58. The van der Waals surface area contributed by atoms with Gasteiger partial charge in [-0.3, -0.25) is 0 Å². The summed E-state index contributed by atoms with van der Waals surface area (Å²) in [6.07, 6.45) is 2.40. The van der Waals surface area contributed by atoms with E-state index in [9.17, 15) is 4.39 Å². The highest BCUT2D eigenvalue weighted by Crippen LogP contribution is 2.43. The normalized spacial score (nSPS) is 18.3. The van der Waals surface area contributed by atoms with Gasteiger partial charge >= 0.3 is 0 Å². The van der Waals surface area contributed by atoms with E-state index in [0.29, 0.717) is 23.0 Å². The number of methoxy groups -OCH3 is 2. The van der Waals surface area contributed by atoms with Crippen molar-refractivity contribution >= 4 is 0 Å². The Morgan fingerprint density at radius 3 is 2.28 bits per heavy atom. The first-order valence-corrected chi connectivity index (χ1v) is 6.25. The van der Waals surface area contributed by atoms with Crippen LogP contribution < -0.4 is 15.2 Å². The molecule has 18 heavy (non-hydrogen) atoms. The van der Waals surface area contributed by atoms with Crippen molar-refractivity contribution in [1.82, 2.24) is 0 Å². The van der Waals surface area contributed by atoms with E-state index in [1.165, 1.54) is 33.1 Å². The molecule has 0 heterocycles. The molecule has 0 saturated heterocycles. The monoisotopic (exact) mass is 253 g/mol. The predicted octanol–water partition coefficient (Wildman–Crippen LogP) is 2.89. The molecule has 0 bridgehead atoms. The second-order valence-corrected chi connectivity index (χ2v) is 4.95. The van der Waals surface area contributed by atoms with E-state index in [1.807, 2.05) is 0 Å². The molecule has 1 aromatic rings. The minimum absolute atomic E-state index is 0.289. The fourth-order valence-corrected chi connectivity index (χ4v) is 2.32. The Balaban J connectivity index is 2.31. The van der Waals surface area contributed by atoms with E-state index in [2.05, 4.69) is 6.92 Å². The van der Waals surface area contributed by atoms with E-state index in [-0.39, 0.29) is 17.8 Å². The molecule has 0 amide bonds. The van der Waals surface area contributed by atoms with Crippen molar-refractivity contribution < 1.29 is 13.9 Å². The summed E-state index contributed by atoms with van der Waals surface area (Å²) in [4.78, 5) is 0. The van der Waals surface area contributed by atoms with Crippen LogP contribution in [0.25, 0.3) is 0 Å². The van der Waals surface area contributed by atoms with Gasteiger partial charge in [-0.05, 0) is 30.7 Å². The van der Waals surface area contributed by atoms with Crippen LogP contribution in [-0.2, 0) is 0 Å². The Hall–Kier alpha value is -1.29. The van der Waals surface area contributed by atoms with Crippen molar-refractivity contribution in [2.45, 2.75) is 25.8 Å². The zero-order valence-corrected chi connectivity index (χ0v) is 11.1. The molecule has 1 fully saturated rings. The summed E-state index contributed by atoms with van der Waals surface area (Å²) in [6, 6.07) is 2.70. The highest BCUT2D eigenvalue weighted by molar-refractivity contribution is 5.44. The molecule has 0 radical (unpaired) electrons. The highest BCUT2D eigenvalue weighted by atomic mass is 19.1. The lowest BCUT2D eigenvalue weighted by Gasteiger charge is -2.21. The number of ether oxygens (including phenoxy) is 2. The van der Waals surface area contributed by atoms with Crippen molar-refractivity contribution in [2.24, 2.45) is 17.6 Å². The van der Waals surface area contributed by atoms with Crippen molar-refractivity contribution in [3.05, 3.63) is 23.5 Å². The lowest BCUT2D eigenvalue weighted by molar-refractivity contribution is 0.347. The quantitative estimate of drug-likeness (QED) is 0.877. The zero-order chi connectivity index (χ0) is 13.3. The molecular formula is C14H20FNO2. The van der Waals surface area contributed by atoms with Crippen molar-refractivity contribution in [1.29, 1.82) is 0 Å². The largest absolute Gasteiger partial charge is 0.493 e. The van der Waals surface area contributed by atoms with Gasteiger partial charge < -0.3 is 15.2 Å². The van der Waals surface area contributed by atoms with Gasteiger partial charge in [0.2, 0.25) is 0 Å². The summed E-state index contributed by atoms with van der Waals surface area (Å²) in [5.41, 5.74) is 6.67. The number of hydrogen-bond acceptors (Lipinski definition) is 3. The first-order valence-electron chi connectivity index (χ1n) is 6.25. The van der Waals surface area contributed by atoms with Crippen LogP contribution >= 0.6 is 0 Å². The van der Waals surface area contributed by atoms with Gasteiger partial charge in [0.15, 0.2) is 11.5 Å². The van der Waals surface area contributed by atoms with Gasteiger partial charge in [-0.25, -0.2) is 4.39 Å². The van der Waals surface area contributed by atoms with Crippen LogP contribution in [0.3, 0.4) is 0 Å². The van der Waals surface area contributed by atoms with Crippen LogP contribution in [0, 0.1) is 17.7 Å². The third-order valence-corrected chi connectivity index (χ3v) is 3.79. The number of hydrogen-bond donors (Lipinski definition) is 1. The zero-order valence-electron chi connectivity index (χ0n) is 11.1. The van der Waals surface area contributed by atoms with E-state index in [4.69, 9.17) is 15.2 Å². The molecule has 3 nitrogen and oxygen atoms in total. The van der Waals surface area contributed by atoms with Gasteiger partial charge in [-0.2, -0.15) is 0 Å². The second kappa shape index (κ2) is 5.14. The van der Waals surface area contributed by atoms with Crippen LogP contribution in [-0.4, -0.2) is 14.2 Å². The molecule has 0 aromatic heterocycles. The molecule has 1 saturated carbocycles. The summed E-state index contributed by atoms with van der Waals surface area (Å²) in [5, 5.41) is 0. The lowest BCUT2D eigenvalue weighted by Crippen LogP contribution is -2.22. The van der Waals surface area contributed by atoms with Crippen LogP contribution in [0.4, 0.5) is 4.39 Å². The smallest absolute Gasteiger partial charge is 0.163 e. The molecule has 2 unspecified atom stereocenters. The lowest BCUT2D eigenvalue weighted by atomic mass is 9.91. The number of halogens is 1. The van der Waals surface area contributed by atoms with Crippen molar-refractivity contribution in [3.8, 4) is 11.5 Å². The minimum atomic E-state index is -0.326. The number of rotatable bonds is 5. The SMILES string of the molecule is COc1cc(F)c(C(N)C(C)C2CC2)cc1OC. The summed E-state index contributed by atoms with van der Waals surface area (Å²) < 4.78 is 24.3. The van der Waals surface area contributed by atoms with E-state index < -0.39 is 0 Å². The van der Waals surface area contributed by atoms with Gasteiger partial charge in [0.1, 0.15) is 5.82 Å². The maximum absolute atomic E-state index is 14.0. The van der Waals surface area contributed by atoms with E-state index in [0.717, 1.165) is 0 Å². The molecule has 0 aliphatic heterocycles. The van der Waals surface area contributed by atoms with Gasteiger partial charge in [-0.1, -0.05) is 6.92 Å². The summed E-state index contributed by atoms with van der Waals surface area (Å²) in [6.45, 7) is 2.08. The topological polar surface area (TPSA) is 44.5 Å². The van der Waals surface area contributed by atoms with Crippen LogP contribution in [0.5, 0.6) is 11.5 Å². The predicted molar refractivity (Wildman–Crippen MR) is 68.3 cm³/mol. The maximum Gasteiger partial charge on any atom is 0.163 e. The van der Waals surface area contributed by atoms with Gasteiger partial charge in [0.25, 0.3) is 0 Å². The minimum Gasteiger partial charge on any atom is -0.493 e. The molecule has 2 rings (SSSR count). The van der Waals surface area contributed by atoms with Gasteiger partial charge in [0, 0.05) is 17.7 Å². The molecule has 2 atom stereocenters. The summed E-state index contributed by atoms with van der Waals surface area (Å²) in [5.74, 6) is 1.51. The molecule has 0 spiro atoms. The molecule has 1 aliphatic rings. The summed E-state index contributed by atoms with van der Waals surface area (Å²) in [7, 11) is 3.03. The van der Waals surface area contributed by atoms with E-state index in [1.54, 1.807) is 6.07 Å². The van der Waals surface area contributed by atoms with Crippen LogP contribution in [0.2, 0.25) is 0 Å². The molecule has 1 aliphatic carbocycles. The van der Waals surface area contributed by atoms with Crippen LogP contribution in [0.15, 0.2) is 12.1 Å². The first kappa shape index (κ1) is 13.1. The second-order valence-electron chi connectivity index (χ2n) is 4.95. The van der Waals surface area contributed by atoms with E-state index >= 15 is 0 Å². The maximum atomic E-state index is 14.0. The van der Waals surface area contributed by atoms with Gasteiger partial charge in [-0.15, -0.1) is 0 Å². The van der Waals surface area contributed by atoms with Crippen molar-refractivity contribution in [3.63, 3.8) is 0 Å². The summed E-state index contributed by atoms with van der Waals surface area (Å²) >= 11 is 0. The van der Waals surface area contributed by atoms with Gasteiger partial charge in [0.05, 0.1) is 14.2 Å². The average molecular weight is 253 g/mol. The highest BCUT2D eigenvalue weighted by Gasteiger charge is 2.33. The molecule has 2 N–H and O–H groups in total. The third kappa shape index (κ3) is 2.43. The molecule has 4 heteroatoms. The number of benzene rings is 1. The Morgan fingerprint density at radius 2 is 1.78 bits per heavy atom. The fourth-order valence-electron chi connectivity index (χ4n) is 2.32. The molecule has 100 valence electrons. The third-order valence-electron chi connectivity index (χ3n) is 3.79. The Morgan fingerprint density at radius 1 is 1.22 bits per heavy atom. The average Bonchev–Trinajstić information content (AvgIpc) is 3.20. The van der Waals surface area contributed by atoms with Crippen molar-refractivity contribution in [2.75, 3.05) is 14.2 Å². The standard InChI is InChI=1S/C14H20FNO2/c1-8(9-4-5-9)14(16)10-6-12(17-2)13(18-3)7-11(10)15/h6-9,14H,4-5,16H2,1-3H3. The Bertz CT molecular complexity index is 432. The molecular weight excluding hydrogens is 233 g/mol. The number of nitrogens with two attached hydrogens (primary N) is 1. The Labute approximate surface area is 107 Å². The Kier molecular flexibility index (Phi) is 3.76. The van der Waals surface area contributed by atoms with Crippen LogP contribution in [0.1, 0.15) is 31.4 Å². The fraction of sp³-hybridized carbons (Fsp3) is 0.571.